The maximum absolute atomic E-state index is 11.2. The van der Waals surface area contributed by atoms with Crippen molar-refractivity contribution in [1.82, 2.24) is 9.47 Å². The molecule has 1 saturated carbocycles. The molecule has 0 bridgehead atoms. The van der Waals surface area contributed by atoms with Crippen molar-refractivity contribution in [3.8, 4) is 5.75 Å². The van der Waals surface area contributed by atoms with Crippen molar-refractivity contribution < 1.29 is 9.53 Å². The third kappa shape index (κ3) is 4.90. The smallest absolute Gasteiger partial charge is 0.409 e. The highest BCUT2D eigenvalue weighted by atomic mass is 16.5. The molecule has 2 heterocycles. The first kappa shape index (κ1) is 22.2. The molecular weight excluding hydrogens is 388 g/mol. The summed E-state index contributed by atoms with van der Waals surface area (Å²) in [6.45, 7) is 7.70. The van der Waals surface area contributed by atoms with Crippen LogP contribution in [0.2, 0.25) is 0 Å². The molecule has 1 aromatic heterocycles. The summed E-state index contributed by atoms with van der Waals surface area (Å²) in [6, 6.07) is 7.08. The van der Waals surface area contributed by atoms with E-state index in [0.717, 1.165) is 29.7 Å². The maximum atomic E-state index is 11.2. The van der Waals surface area contributed by atoms with E-state index in [-0.39, 0.29) is 0 Å². The average Bonchev–Trinajstić information content (AvgIpc) is 3.11. The van der Waals surface area contributed by atoms with Gasteiger partial charge in [0.2, 0.25) is 0 Å². The second-order valence-electron chi connectivity index (χ2n) is 9.78. The number of carbonyl (C=O) groups is 1. The SMILES string of the molecule is CC(C)C1CCC(N2CCC(n3cc(CCN)c4cc(OC(N)=O)ccc43)CC2)CC1. The maximum Gasteiger partial charge on any atom is 0.409 e. The molecule has 1 aliphatic carbocycles. The third-order valence-electron chi connectivity index (χ3n) is 7.61. The molecule has 1 amide bonds. The Balaban J connectivity index is 1.45. The van der Waals surface area contributed by atoms with Gasteiger partial charge in [-0.3, -0.25) is 0 Å². The Bertz CT molecular complexity index is 890. The van der Waals surface area contributed by atoms with Crippen LogP contribution in [0.1, 0.15) is 64.0 Å². The lowest BCUT2D eigenvalue weighted by Gasteiger charge is -2.42. The number of hydrogen-bond acceptors (Lipinski definition) is 4. The molecule has 4 rings (SSSR count). The minimum Gasteiger partial charge on any atom is -0.410 e. The van der Waals surface area contributed by atoms with Gasteiger partial charge < -0.3 is 25.7 Å². The molecule has 0 unspecified atom stereocenters. The van der Waals surface area contributed by atoms with E-state index in [4.69, 9.17) is 16.2 Å². The quantitative estimate of drug-likeness (QED) is 0.714. The van der Waals surface area contributed by atoms with Gasteiger partial charge in [-0.1, -0.05) is 13.8 Å². The second kappa shape index (κ2) is 9.61. The van der Waals surface area contributed by atoms with Crippen LogP contribution in [0.5, 0.6) is 5.75 Å². The predicted molar refractivity (Wildman–Crippen MR) is 125 cm³/mol. The minimum absolute atomic E-state index is 0.489. The fourth-order valence-corrected chi connectivity index (χ4v) is 5.80. The summed E-state index contributed by atoms with van der Waals surface area (Å²) in [4.78, 5) is 13.9. The van der Waals surface area contributed by atoms with E-state index in [9.17, 15) is 4.79 Å². The highest BCUT2D eigenvalue weighted by Crippen LogP contribution is 2.36. The van der Waals surface area contributed by atoms with Gasteiger partial charge in [-0.2, -0.15) is 0 Å². The van der Waals surface area contributed by atoms with Crippen LogP contribution in [0.4, 0.5) is 4.79 Å². The highest BCUT2D eigenvalue weighted by molar-refractivity contribution is 5.86. The zero-order chi connectivity index (χ0) is 22.0. The Morgan fingerprint density at radius 2 is 1.81 bits per heavy atom. The summed E-state index contributed by atoms with van der Waals surface area (Å²) >= 11 is 0. The van der Waals surface area contributed by atoms with Gasteiger partial charge in [-0.15, -0.1) is 0 Å². The number of piperidine rings is 1. The lowest BCUT2D eigenvalue weighted by atomic mass is 9.79. The number of benzene rings is 1. The van der Waals surface area contributed by atoms with Crippen LogP contribution >= 0.6 is 0 Å². The van der Waals surface area contributed by atoms with Crippen LogP contribution in [-0.2, 0) is 6.42 Å². The Kier molecular flexibility index (Phi) is 6.87. The van der Waals surface area contributed by atoms with Crippen LogP contribution in [-0.4, -0.2) is 41.2 Å². The van der Waals surface area contributed by atoms with Crippen molar-refractivity contribution in [1.29, 1.82) is 0 Å². The van der Waals surface area contributed by atoms with E-state index in [2.05, 4.69) is 29.5 Å². The Morgan fingerprint density at radius 1 is 1.10 bits per heavy atom. The molecule has 2 aromatic rings. The number of aromatic nitrogens is 1. The second-order valence-corrected chi connectivity index (χ2v) is 9.78. The summed E-state index contributed by atoms with van der Waals surface area (Å²) in [6.07, 6.45) is 10.2. The van der Waals surface area contributed by atoms with Crippen molar-refractivity contribution in [2.75, 3.05) is 19.6 Å². The normalized spacial score (nSPS) is 23.5. The summed E-state index contributed by atoms with van der Waals surface area (Å²) in [7, 11) is 0. The standard InChI is InChI=1S/C25H38N4O2/c1-17(2)18-3-5-20(6-4-18)28-13-10-21(11-14-28)29-16-19(9-12-26)23-15-22(31-25(27)30)7-8-24(23)29/h7-8,15-18,20-21H,3-6,9-14,26H2,1-2H3,(H2,27,30). The lowest BCUT2D eigenvalue weighted by molar-refractivity contribution is 0.0894. The van der Waals surface area contributed by atoms with Gasteiger partial charge in [0.25, 0.3) is 0 Å². The Labute approximate surface area is 185 Å². The molecule has 0 radical (unpaired) electrons. The summed E-state index contributed by atoms with van der Waals surface area (Å²) < 4.78 is 7.54. The zero-order valence-electron chi connectivity index (χ0n) is 19.1. The number of ether oxygens (including phenoxy) is 1. The number of fused-ring (bicyclic) bond motifs is 1. The molecule has 2 fully saturated rings. The van der Waals surface area contributed by atoms with Crippen molar-refractivity contribution in [2.45, 2.75) is 70.9 Å². The van der Waals surface area contributed by atoms with Crippen LogP contribution in [0.15, 0.2) is 24.4 Å². The molecule has 31 heavy (non-hydrogen) atoms. The van der Waals surface area contributed by atoms with E-state index in [1.54, 1.807) is 0 Å². The number of rotatable bonds is 6. The number of likely N-dealkylation sites (tertiary alicyclic amines) is 1. The largest absolute Gasteiger partial charge is 0.410 e. The number of carbonyl (C=O) groups excluding carboxylic acids is 1. The van der Waals surface area contributed by atoms with Crippen LogP contribution in [0, 0.1) is 11.8 Å². The van der Waals surface area contributed by atoms with Gasteiger partial charge >= 0.3 is 6.09 Å². The van der Waals surface area contributed by atoms with Gasteiger partial charge in [-0.05, 0) is 87.1 Å². The fraction of sp³-hybridized carbons (Fsp3) is 0.640. The number of nitrogens with zero attached hydrogens (tertiary/aromatic N) is 2. The highest BCUT2D eigenvalue weighted by Gasteiger charge is 2.30. The van der Waals surface area contributed by atoms with Crippen molar-refractivity contribution in [2.24, 2.45) is 23.3 Å². The van der Waals surface area contributed by atoms with Crippen molar-refractivity contribution in [3.63, 3.8) is 0 Å². The monoisotopic (exact) mass is 426 g/mol. The van der Waals surface area contributed by atoms with E-state index >= 15 is 0 Å². The van der Waals surface area contributed by atoms with Gasteiger partial charge in [-0.25, -0.2) is 4.79 Å². The first-order valence-corrected chi connectivity index (χ1v) is 12.0. The first-order chi connectivity index (χ1) is 15.0. The molecule has 4 N–H and O–H groups in total. The number of amides is 1. The zero-order valence-corrected chi connectivity index (χ0v) is 19.1. The van der Waals surface area contributed by atoms with Crippen molar-refractivity contribution in [3.05, 3.63) is 30.0 Å². The molecule has 6 heteroatoms. The molecule has 1 aromatic carbocycles. The molecule has 170 valence electrons. The third-order valence-corrected chi connectivity index (χ3v) is 7.61. The van der Waals surface area contributed by atoms with Crippen LogP contribution in [0.3, 0.4) is 0 Å². The molecule has 1 aliphatic heterocycles. The average molecular weight is 427 g/mol. The van der Waals surface area contributed by atoms with Gasteiger partial charge in [0, 0.05) is 42.3 Å². The molecular formula is C25H38N4O2. The lowest BCUT2D eigenvalue weighted by Crippen LogP contribution is -2.43. The van der Waals surface area contributed by atoms with Gasteiger partial charge in [0.05, 0.1) is 0 Å². The van der Waals surface area contributed by atoms with E-state index in [1.165, 1.54) is 62.7 Å². The topological polar surface area (TPSA) is 86.5 Å². The van der Waals surface area contributed by atoms with Crippen molar-refractivity contribution >= 4 is 17.0 Å². The first-order valence-electron chi connectivity index (χ1n) is 12.0. The van der Waals surface area contributed by atoms with Crippen LogP contribution < -0.4 is 16.2 Å². The summed E-state index contributed by atoms with van der Waals surface area (Å²) in [5, 5.41) is 1.11. The molecule has 0 spiro atoms. The molecule has 2 aliphatic rings. The number of nitrogens with two attached hydrogens (primary N) is 2. The molecule has 6 nitrogen and oxygen atoms in total. The Morgan fingerprint density at radius 3 is 2.42 bits per heavy atom. The molecule has 0 atom stereocenters. The number of primary amides is 1. The number of hydrogen-bond donors (Lipinski definition) is 2. The Hall–Kier alpha value is -2.05. The summed E-state index contributed by atoms with van der Waals surface area (Å²) in [5.74, 6) is 2.23. The van der Waals surface area contributed by atoms with Crippen LogP contribution in [0.25, 0.3) is 10.9 Å². The predicted octanol–water partition coefficient (Wildman–Crippen LogP) is 4.45. The van der Waals surface area contributed by atoms with E-state index in [0.29, 0.717) is 18.3 Å². The fourth-order valence-electron chi connectivity index (χ4n) is 5.80. The minimum atomic E-state index is -0.783. The van der Waals surface area contributed by atoms with Gasteiger partial charge in [0.1, 0.15) is 5.75 Å². The molecule has 1 saturated heterocycles. The van der Waals surface area contributed by atoms with E-state index in [1.807, 2.05) is 18.2 Å². The van der Waals surface area contributed by atoms with Gasteiger partial charge in [0.15, 0.2) is 0 Å². The van der Waals surface area contributed by atoms with E-state index < -0.39 is 6.09 Å². The summed E-state index contributed by atoms with van der Waals surface area (Å²) in [5.41, 5.74) is 13.5.